The van der Waals surface area contributed by atoms with E-state index in [0.717, 1.165) is 155 Å². The highest BCUT2D eigenvalue weighted by Crippen LogP contribution is 2.50. The molecule has 0 amide bonds. The summed E-state index contributed by atoms with van der Waals surface area (Å²) in [5.41, 5.74) is 16.4. The van der Waals surface area contributed by atoms with Crippen molar-refractivity contribution in [3.05, 3.63) is 154 Å². The van der Waals surface area contributed by atoms with Crippen LogP contribution in [0, 0.1) is 13.8 Å². The molecule has 8 rings (SSSR count). The van der Waals surface area contributed by atoms with Gasteiger partial charge in [0.2, 0.25) is 0 Å². The predicted octanol–water partition coefficient (Wildman–Crippen LogP) is 18.4. The largest absolute Gasteiger partial charge is 0.507 e. The van der Waals surface area contributed by atoms with E-state index in [0.29, 0.717) is 24.3 Å². The second-order valence-corrected chi connectivity index (χ2v) is 21.6. The van der Waals surface area contributed by atoms with Crippen LogP contribution in [0.2, 0.25) is 0 Å². The van der Waals surface area contributed by atoms with Gasteiger partial charge < -0.3 is 19.7 Å². The van der Waals surface area contributed by atoms with E-state index >= 15 is 0 Å². The van der Waals surface area contributed by atoms with Crippen LogP contribution in [0.25, 0.3) is 33.4 Å². The average molecular weight is 911 g/mol. The lowest BCUT2D eigenvalue weighted by Crippen LogP contribution is -2.35. The smallest absolute Gasteiger partial charge is 0.131 e. The van der Waals surface area contributed by atoms with Gasteiger partial charge in [0.15, 0.2) is 0 Å². The second-order valence-electron chi connectivity index (χ2n) is 21.6. The predicted molar refractivity (Wildman–Crippen MR) is 287 cm³/mol. The molecule has 0 aromatic heterocycles. The summed E-state index contributed by atoms with van der Waals surface area (Å²) in [6.45, 7) is 22.2. The lowest BCUT2D eigenvalue weighted by atomic mass is 9.79. The van der Waals surface area contributed by atoms with Crippen LogP contribution >= 0.6 is 0 Å². The highest BCUT2D eigenvalue weighted by molar-refractivity contribution is 5.92. The minimum atomic E-state index is -0.571. The maximum absolute atomic E-state index is 12.4. The number of allylic oxidation sites excluding steroid dienone is 10. The first kappa shape index (κ1) is 49.0. The van der Waals surface area contributed by atoms with Gasteiger partial charge in [0.25, 0.3) is 0 Å². The highest BCUT2D eigenvalue weighted by Gasteiger charge is 2.31. The van der Waals surface area contributed by atoms with Crippen molar-refractivity contribution in [1.29, 1.82) is 0 Å². The Balaban J connectivity index is 1.05. The molecule has 0 saturated heterocycles. The van der Waals surface area contributed by atoms with Crippen molar-refractivity contribution in [3.8, 4) is 45.3 Å². The minimum absolute atomic E-state index is 0.295. The Morgan fingerprint density at radius 3 is 1.25 bits per heavy atom. The second kappa shape index (κ2) is 21.4. The monoisotopic (exact) mass is 911 g/mol. The van der Waals surface area contributed by atoms with Crippen LogP contribution in [0.15, 0.2) is 132 Å². The number of phenols is 2. The molecule has 2 fully saturated rings. The van der Waals surface area contributed by atoms with E-state index in [1.54, 1.807) is 0 Å². The first-order valence-corrected chi connectivity index (χ1v) is 26.2. The molecule has 4 aliphatic carbocycles. The fourth-order valence-corrected chi connectivity index (χ4v) is 11.3. The molecular formula is C64H78O4. The summed E-state index contributed by atoms with van der Waals surface area (Å²) in [6.07, 6.45) is 26.5. The number of phenolic OH excluding ortho intramolecular Hbond substituents is 2. The van der Waals surface area contributed by atoms with Crippen LogP contribution in [0.4, 0.5) is 0 Å². The molecule has 0 radical (unpaired) electrons. The summed E-state index contributed by atoms with van der Waals surface area (Å²) >= 11 is 0. The number of hydrogen-bond acceptors (Lipinski definition) is 4. The van der Waals surface area contributed by atoms with Crippen LogP contribution in [0.1, 0.15) is 178 Å². The zero-order valence-corrected chi connectivity index (χ0v) is 42.4. The van der Waals surface area contributed by atoms with Crippen molar-refractivity contribution in [1.82, 2.24) is 0 Å². The maximum Gasteiger partial charge on any atom is 0.131 e. The molecule has 4 aliphatic rings. The Hall–Kier alpha value is -5.48. The Kier molecular flexibility index (Phi) is 15.4. The lowest BCUT2D eigenvalue weighted by Gasteiger charge is -2.33. The summed E-state index contributed by atoms with van der Waals surface area (Å²) < 4.78 is 14.0. The Bertz CT molecular complexity index is 2470. The van der Waals surface area contributed by atoms with Gasteiger partial charge in [0, 0.05) is 33.4 Å². The number of rotatable bonds is 11. The molecular weight excluding hydrogens is 833 g/mol. The summed E-state index contributed by atoms with van der Waals surface area (Å²) in [6, 6.07) is 24.8. The summed E-state index contributed by atoms with van der Waals surface area (Å²) in [4.78, 5) is 0. The molecule has 0 spiro atoms. The fourth-order valence-electron chi connectivity index (χ4n) is 11.3. The van der Waals surface area contributed by atoms with Gasteiger partial charge in [-0.1, -0.05) is 74.5 Å². The normalized spacial score (nSPS) is 20.6. The van der Waals surface area contributed by atoms with Gasteiger partial charge in [-0.15, -0.1) is 0 Å². The first-order chi connectivity index (χ1) is 32.7. The van der Waals surface area contributed by atoms with Crippen molar-refractivity contribution in [3.63, 3.8) is 0 Å². The molecule has 2 N–H and O–H groups in total. The Morgan fingerprint density at radius 2 is 0.824 bits per heavy atom. The summed E-state index contributed by atoms with van der Waals surface area (Å²) in [7, 11) is 0. The molecule has 4 aromatic rings. The molecule has 4 heteroatoms. The molecule has 0 heterocycles. The number of benzene rings is 4. The van der Waals surface area contributed by atoms with Gasteiger partial charge in [-0.3, -0.25) is 0 Å². The molecule has 4 aromatic carbocycles. The number of fused-ring (bicyclic) bond motifs is 2. The van der Waals surface area contributed by atoms with Gasteiger partial charge in [-0.2, -0.15) is 0 Å². The van der Waals surface area contributed by atoms with Gasteiger partial charge in [0.05, 0.1) is 0 Å². The van der Waals surface area contributed by atoms with Gasteiger partial charge in [0.1, 0.15) is 34.2 Å². The van der Waals surface area contributed by atoms with Gasteiger partial charge in [-0.25, -0.2) is 0 Å². The molecule has 0 atom stereocenters. The van der Waals surface area contributed by atoms with E-state index in [1.807, 2.05) is 36.4 Å². The molecule has 0 unspecified atom stereocenters. The van der Waals surface area contributed by atoms with Crippen molar-refractivity contribution in [2.75, 3.05) is 0 Å². The zero-order chi connectivity index (χ0) is 48.0. The van der Waals surface area contributed by atoms with E-state index in [4.69, 9.17) is 9.47 Å². The van der Waals surface area contributed by atoms with E-state index in [2.05, 4.69) is 103 Å². The lowest BCUT2D eigenvalue weighted by molar-refractivity contribution is 0.0457. The van der Waals surface area contributed by atoms with Crippen LogP contribution in [0.5, 0.6) is 23.0 Å². The maximum atomic E-state index is 12.4. The number of aromatic hydroxyl groups is 2. The Labute approximate surface area is 409 Å². The highest BCUT2D eigenvalue weighted by atomic mass is 16.5. The van der Waals surface area contributed by atoms with Crippen molar-refractivity contribution in [2.45, 2.75) is 181 Å². The van der Waals surface area contributed by atoms with Gasteiger partial charge in [-0.05, 0) is 249 Å². The summed E-state index contributed by atoms with van der Waals surface area (Å²) in [5, 5.41) is 24.8. The zero-order valence-electron chi connectivity index (χ0n) is 42.4. The topological polar surface area (TPSA) is 58.9 Å². The van der Waals surface area contributed by atoms with Crippen LogP contribution < -0.4 is 9.47 Å². The van der Waals surface area contributed by atoms with E-state index in [1.165, 1.54) is 60.8 Å². The molecule has 4 nitrogen and oxygen atoms in total. The van der Waals surface area contributed by atoms with E-state index < -0.39 is 11.2 Å². The van der Waals surface area contributed by atoms with Gasteiger partial charge >= 0.3 is 0 Å². The van der Waals surface area contributed by atoms with Crippen LogP contribution in [-0.2, 0) is 0 Å². The molecule has 0 aliphatic heterocycles. The number of hydrogen-bond donors (Lipinski definition) is 2. The molecule has 0 bridgehead atoms. The number of ether oxygens (including phenoxy) is 2. The number of aryl methyl sites for hydroxylation is 2. The summed E-state index contributed by atoms with van der Waals surface area (Å²) in [5.74, 6) is 2.07. The third-order valence-corrected chi connectivity index (χ3v) is 15.0. The minimum Gasteiger partial charge on any atom is -0.507 e. The standard InChI is InChI=1S/C64H78O4/c1-43-39-53(61(65)55(41-43)59-45(3)25-13-9-11-15-27-47-29-17-19-31-49(47)59)51-33-21-23-35-57(51)67-63(5,6)37-38-64(7,8)68-58-36-24-22-34-52(58)54-40-44(2)42-56(62(54)66)60-46(4)26-14-10-12-16-28-48-30-18-20-32-50(48)60/h21-24,27-28,33-36,39-42,65-66H,3-4,9-20,25-26,29-32,37-38H2,1-2,5-8H3/b47-27-,48-28-,59-49+,60-50?. The Morgan fingerprint density at radius 1 is 0.456 bits per heavy atom. The van der Waals surface area contributed by atoms with Crippen LogP contribution in [0.3, 0.4) is 0 Å². The van der Waals surface area contributed by atoms with Crippen LogP contribution in [-0.4, -0.2) is 21.4 Å². The molecule has 68 heavy (non-hydrogen) atoms. The van der Waals surface area contributed by atoms with E-state index in [-0.39, 0.29) is 0 Å². The molecule has 358 valence electrons. The fraction of sp³-hybridized carbons (Fsp3) is 0.438. The van der Waals surface area contributed by atoms with E-state index in [9.17, 15) is 10.2 Å². The molecule has 2 saturated carbocycles. The van der Waals surface area contributed by atoms with Crippen molar-refractivity contribution < 1.29 is 19.7 Å². The van der Waals surface area contributed by atoms with Crippen molar-refractivity contribution >= 4 is 11.1 Å². The first-order valence-electron chi connectivity index (χ1n) is 26.2. The number of para-hydroxylation sites is 2. The van der Waals surface area contributed by atoms with Crippen molar-refractivity contribution in [2.24, 2.45) is 0 Å². The third kappa shape index (κ3) is 11.3. The SMILES string of the molecule is C=C1CCCCC/C=C2/CCCCC2=C1c1cc(C)cc(-c2ccccc2OC(C)(C)CCC(C)(C)Oc2ccccc2-c2cc(C)cc(/C3=C4\CCCC\C4=C\CCCCCC3=C)c2O)c1O. The quantitative estimate of drug-likeness (QED) is 0.157. The average Bonchev–Trinajstić information content (AvgIpc) is 3.31. The third-order valence-electron chi connectivity index (χ3n) is 15.0.